The number of carbonyl (C=O) groups excluding carboxylic acids is 1. The predicted molar refractivity (Wildman–Crippen MR) is 125 cm³/mol. The largest absolute Gasteiger partial charge is 0.392 e. The zero-order valence-corrected chi connectivity index (χ0v) is 18.0. The molecule has 0 bridgehead atoms. The number of likely N-dealkylation sites (N-methyl/N-ethyl adjacent to an activating group) is 1. The molecule has 31 heavy (non-hydrogen) atoms. The summed E-state index contributed by atoms with van der Waals surface area (Å²) in [4.78, 5) is 17.5. The van der Waals surface area contributed by atoms with Crippen LogP contribution in [0, 0.1) is 0 Å². The quantitative estimate of drug-likeness (QED) is 0.631. The van der Waals surface area contributed by atoms with Gasteiger partial charge in [-0.3, -0.25) is 9.69 Å². The van der Waals surface area contributed by atoms with E-state index in [2.05, 4.69) is 35.2 Å². The topological polar surface area (TPSA) is 43.8 Å². The van der Waals surface area contributed by atoms with Crippen molar-refractivity contribution in [2.45, 2.75) is 25.0 Å². The van der Waals surface area contributed by atoms with Crippen LogP contribution in [0.1, 0.15) is 23.6 Å². The molecule has 0 unspecified atom stereocenters. The van der Waals surface area contributed by atoms with Gasteiger partial charge >= 0.3 is 0 Å². The van der Waals surface area contributed by atoms with E-state index in [1.165, 1.54) is 0 Å². The second-order valence-electron chi connectivity index (χ2n) is 8.33. The highest BCUT2D eigenvalue weighted by molar-refractivity contribution is 5.82. The number of hydrogen-bond donors (Lipinski definition) is 1. The smallest absolute Gasteiger partial charge is 0.227 e. The lowest BCUT2D eigenvalue weighted by Crippen LogP contribution is -2.39. The van der Waals surface area contributed by atoms with Crippen LogP contribution >= 0.6 is 0 Å². The Balaban J connectivity index is 1.55. The maximum Gasteiger partial charge on any atom is 0.227 e. The molecule has 3 aromatic carbocycles. The summed E-state index contributed by atoms with van der Waals surface area (Å²) in [6.07, 6.45) is 0.882. The summed E-state index contributed by atoms with van der Waals surface area (Å²) >= 11 is 0. The molecule has 1 N–H and O–H groups in total. The second kappa shape index (κ2) is 9.90. The fraction of sp³-hybridized carbons (Fsp3) is 0.296. The molecule has 1 aliphatic rings. The molecule has 0 aliphatic carbocycles. The minimum absolute atomic E-state index is 0.0529. The Hall–Kier alpha value is -2.95. The molecular formula is C27H30N2O2. The van der Waals surface area contributed by atoms with Crippen LogP contribution in [0.15, 0.2) is 84.9 Å². The Bertz CT molecular complexity index is 990. The van der Waals surface area contributed by atoms with Gasteiger partial charge in [0.05, 0.1) is 18.6 Å². The van der Waals surface area contributed by atoms with E-state index in [0.29, 0.717) is 13.0 Å². The van der Waals surface area contributed by atoms with Crippen LogP contribution in [0.4, 0.5) is 0 Å². The zero-order valence-electron chi connectivity index (χ0n) is 18.0. The highest BCUT2D eigenvalue weighted by atomic mass is 16.3. The van der Waals surface area contributed by atoms with E-state index in [1.807, 2.05) is 66.5 Å². The van der Waals surface area contributed by atoms with Crippen molar-refractivity contribution in [1.29, 1.82) is 0 Å². The Kier molecular flexibility index (Phi) is 6.80. The number of β-amino-alcohol motifs (C(OH)–C–C–N with tert-alkyl or cyclic N) is 1. The number of hydrogen-bond acceptors (Lipinski definition) is 3. The maximum absolute atomic E-state index is 13.4. The molecule has 0 saturated carbocycles. The van der Waals surface area contributed by atoms with Crippen molar-refractivity contribution < 1.29 is 9.90 Å². The van der Waals surface area contributed by atoms with Crippen molar-refractivity contribution in [3.8, 4) is 11.1 Å². The van der Waals surface area contributed by atoms with E-state index in [1.54, 1.807) is 0 Å². The van der Waals surface area contributed by atoms with Gasteiger partial charge in [0.2, 0.25) is 5.91 Å². The summed E-state index contributed by atoms with van der Waals surface area (Å²) in [5, 5.41) is 9.94. The van der Waals surface area contributed by atoms with E-state index in [9.17, 15) is 9.90 Å². The lowest BCUT2D eigenvalue weighted by molar-refractivity contribution is -0.131. The first-order chi connectivity index (χ1) is 15.1. The summed E-state index contributed by atoms with van der Waals surface area (Å²) in [6.45, 7) is 2.26. The number of amides is 1. The van der Waals surface area contributed by atoms with Crippen LogP contribution in [0.2, 0.25) is 0 Å². The van der Waals surface area contributed by atoms with Gasteiger partial charge in [0.15, 0.2) is 0 Å². The van der Waals surface area contributed by atoms with Gasteiger partial charge in [0.25, 0.3) is 0 Å². The average molecular weight is 415 g/mol. The molecule has 4 rings (SSSR count). The molecule has 1 aliphatic heterocycles. The molecule has 1 fully saturated rings. The standard InChI is InChI=1S/C27H30N2O2/c1-28(26(22-12-6-3-7-13-22)20-29-17-16-24(30)19-29)27(31)18-23-14-8-9-15-25(23)21-10-4-2-5-11-21/h2-15,24,26,30H,16-20H2,1H3/t24-,26+/m0/s1. The highest BCUT2D eigenvalue weighted by Gasteiger charge is 2.28. The first-order valence-corrected chi connectivity index (χ1v) is 11.0. The predicted octanol–water partition coefficient (Wildman–Crippen LogP) is 4.16. The molecule has 4 nitrogen and oxygen atoms in total. The molecule has 1 heterocycles. The summed E-state index contributed by atoms with van der Waals surface area (Å²) in [7, 11) is 1.90. The van der Waals surface area contributed by atoms with Gasteiger partial charge in [-0.15, -0.1) is 0 Å². The van der Waals surface area contributed by atoms with Crippen LogP contribution in [-0.2, 0) is 11.2 Å². The molecule has 0 radical (unpaired) electrons. The molecule has 1 amide bonds. The van der Waals surface area contributed by atoms with E-state index < -0.39 is 0 Å². The highest BCUT2D eigenvalue weighted by Crippen LogP contribution is 2.27. The third kappa shape index (κ3) is 5.22. The van der Waals surface area contributed by atoms with Gasteiger partial charge in [0, 0.05) is 26.7 Å². The van der Waals surface area contributed by atoms with Gasteiger partial charge in [-0.1, -0.05) is 84.9 Å². The zero-order chi connectivity index (χ0) is 21.6. The maximum atomic E-state index is 13.4. The fourth-order valence-electron chi connectivity index (χ4n) is 4.38. The van der Waals surface area contributed by atoms with Gasteiger partial charge in [0.1, 0.15) is 0 Å². The van der Waals surface area contributed by atoms with Gasteiger partial charge in [-0.2, -0.15) is 0 Å². The number of carbonyl (C=O) groups is 1. The molecule has 160 valence electrons. The van der Waals surface area contributed by atoms with E-state index in [0.717, 1.165) is 41.8 Å². The molecule has 4 heteroatoms. The number of nitrogens with zero attached hydrogens (tertiary/aromatic N) is 2. The average Bonchev–Trinajstić information content (AvgIpc) is 3.23. The lowest BCUT2D eigenvalue weighted by atomic mass is 9.97. The van der Waals surface area contributed by atoms with Crippen molar-refractivity contribution in [3.05, 3.63) is 96.1 Å². The number of rotatable bonds is 7. The first kappa shape index (κ1) is 21.3. The van der Waals surface area contributed by atoms with Crippen LogP contribution in [0.25, 0.3) is 11.1 Å². The van der Waals surface area contributed by atoms with E-state index in [4.69, 9.17) is 0 Å². The summed E-state index contributed by atoms with van der Waals surface area (Å²) in [5.74, 6) is 0.0944. The molecular weight excluding hydrogens is 384 g/mol. The Morgan fingerprint density at radius 3 is 2.32 bits per heavy atom. The molecule has 0 spiro atoms. The Labute approximate surface area is 184 Å². The molecule has 2 atom stereocenters. The summed E-state index contributed by atoms with van der Waals surface area (Å²) < 4.78 is 0. The summed E-state index contributed by atoms with van der Waals surface area (Å²) in [6, 6.07) is 28.5. The number of benzene rings is 3. The Morgan fingerprint density at radius 1 is 1.00 bits per heavy atom. The first-order valence-electron chi connectivity index (χ1n) is 11.0. The second-order valence-corrected chi connectivity index (χ2v) is 8.33. The number of aliphatic hydroxyl groups is 1. The third-order valence-electron chi connectivity index (χ3n) is 6.17. The van der Waals surface area contributed by atoms with E-state index in [-0.39, 0.29) is 18.1 Å². The van der Waals surface area contributed by atoms with Gasteiger partial charge in [-0.25, -0.2) is 0 Å². The monoisotopic (exact) mass is 414 g/mol. The van der Waals surface area contributed by atoms with Crippen LogP contribution in [0.3, 0.4) is 0 Å². The van der Waals surface area contributed by atoms with Crippen LogP contribution < -0.4 is 0 Å². The molecule has 0 aromatic heterocycles. The third-order valence-corrected chi connectivity index (χ3v) is 6.17. The molecule has 3 aromatic rings. The van der Waals surface area contributed by atoms with Crippen molar-refractivity contribution in [1.82, 2.24) is 9.80 Å². The minimum atomic E-state index is -0.268. The number of aliphatic hydroxyl groups excluding tert-OH is 1. The van der Waals surface area contributed by atoms with Crippen molar-refractivity contribution >= 4 is 5.91 Å². The van der Waals surface area contributed by atoms with Crippen molar-refractivity contribution in [2.24, 2.45) is 0 Å². The summed E-state index contributed by atoms with van der Waals surface area (Å²) in [5.41, 5.74) is 4.38. The lowest BCUT2D eigenvalue weighted by Gasteiger charge is -2.32. The fourth-order valence-corrected chi connectivity index (χ4v) is 4.38. The number of likely N-dealkylation sites (tertiary alicyclic amines) is 1. The van der Waals surface area contributed by atoms with Gasteiger partial charge in [-0.05, 0) is 28.7 Å². The van der Waals surface area contributed by atoms with E-state index >= 15 is 0 Å². The van der Waals surface area contributed by atoms with Crippen molar-refractivity contribution in [3.63, 3.8) is 0 Å². The van der Waals surface area contributed by atoms with Crippen LogP contribution in [0.5, 0.6) is 0 Å². The molecule has 1 saturated heterocycles. The minimum Gasteiger partial charge on any atom is -0.392 e. The van der Waals surface area contributed by atoms with Gasteiger partial charge < -0.3 is 10.0 Å². The normalized spacial score (nSPS) is 17.4. The van der Waals surface area contributed by atoms with Crippen LogP contribution in [-0.4, -0.2) is 53.6 Å². The SMILES string of the molecule is CN(C(=O)Cc1ccccc1-c1ccccc1)[C@H](CN1CC[C@H](O)C1)c1ccccc1. The van der Waals surface area contributed by atoms with Crippen molar-refractivity contribution in [2.75, 3.05) is 26.7 Å². The Morgan fingerprint density at radius 2 is 1.65 bits per heavy atom.